The quantitative estimate of drug-likeness (QED) is 0.418. The molecule has 0 aliphatic rings. The minimum atomic E-state index is -3.97. The van der Waals surface area contributed by atoms with E-state index in [0.717, 1.165) is 11.1 Å². The van der Waals surface area contributed by atoms with Gasteiger partial charge < -0.3 is 10.1 Å². The first-order valence-electron chi connectivity index (χ1n) is 11.0. The molecule has 0 radical (unpaired) electrons. The molecule has 0 saturated heterocycles. The summed E-state index contributed by atoms with van der Waals surface area (Å²) in [6, 6.07) is 19.8. The number of carbonyl (C=O) groups excluding carboxylic acids is 1. The van der Waals surface area contributed by atoms with Gasteiger partial charge in [0.1, 0.15) is 11.8 Å². The standard InChI is InChI=1S/C26H29ClN2O4S/c1-4-33-25-15-14-23(16-18(25)2)34(31,32)29-24(17-20-8-6-5-7-9-20)26(30)28-19(3)21-10-12-22(27)13-11-21/h5-16,19,24,29H,4,17H2,1-3H3,(H,28,30)/t19-,24+/m0/s1. The normalized spacial score (nSPS) is 13.2. The van der Waals surface area contributed by atoms with E-state index in [0.29, 0.717) is 22.9 Å². The van der Waals surface area contributed by atoms with Crippen molar-refractivity contribution in [2.75, 3.05) is 6.61 Å². The van der Waals surface area contributed by atoms with Gasteiger partial charge in [-0.3, -0.25) is 4.79 Å². The predicted molar refractivity (Wildman–Crippen MR) is 135 cm³/mol. The van der Waals surface area contributed by atoms with E-state index in [1.54, 1.807) is 31.2 Å². The summed E-state index contributed by atoms with van der Waals surface area (Å²) < 4.78 is 34.5. The van der Waals surface area contributed by atoms with E-state index in [9.17, 15) is 13.2 Å². The number of halogens is 1. The molecule has 1 amide bonds. The van der Waals surface area contributed by atoms with Crippen LogP contribution in [-0.4, -0.2) is 27.0 Å². The van der Waals surface area contributed by atoms with Gasteiger partial charge >= 0.3 is 0 Å². The average Bonchev–Trinajstić information content (AvgIpc) is 2.81. The third-order valence-electron chi connectivity index (χ3n) is 5.38. The molecule has 0 saturated carbocycles. The zero-order valence-electron chi connectivity index (χ0n) is 19.4. The van der Waals surface area contributed by atoms with Gasteiger partial charge in [0.25, 0.3) is 0 Å². The number of carbonyl (C=O) groups is 1. The fraction of sp³-hybridized carbons (Fsp3) is 0.269. The zero-order chi connectivity index (χ0) is 24.7. The molecule has 0 heterocycles. The van der Waals surface area contributed by atoms with Crippen LogP contribution >= 0.6 is 11.6 Å². The highest BCUT2D eigenvalue weighted by molar-refractivity contribution is 7.89. The first-order valence-corrected chi connectivity index (χ1v) is 12.9. The number of benzene rings is 3. The number of nitrogens with one attached hydrogen (secondary N) is 2. The summed E-state index contributed by atoms with van der Waals surface area (Å²) in [6.45, 7) is 5.97. The number of hydrogen-bond donors (Lipinski definition) is 2. The smallest absolute Gasteiger partial charge is 0.241 e. The lowest BCUT2D eigenvalue weighted by atomic mass is 10.0. The molecular weight excluding hydrogens is 472 g/mol. The van der Waals surface area contributed by atoms with Crippen LogP contribution in [0.15, 0.2) is 77.7 Å². The number of amides is 1. The molecule has 0 aliphatic carbocycles. The Morgan fingerprint density at radius 3 is 2.32 bits per heavy atom. The highest BCUT2D eigenvalue weighted by Gasteiger charge is 2.27. The second-order valence-corrected chi connectivity index (χ2v) is 10.2. The van der Waals surface area contributed by atoms with Crippen LogP contribution in [0.4, 0.5) is 0 Å². The van der Waals surface area contributed by atoms with Crippen molar-refractivity contribution in [2.45, 2.75) is 44.2 Å². The van der Waals surface area contributed by atoms with Gasteiger partial charge in [-0.15, -0.1) is 0 Å². The summed E-state index contributed by atoms with van der Waals surface area (Å²) >= 11 is 5.96. The molecule has 3 aromatic rings. The van der Waals surface area contributed by atoms with Crippen LogP contribution in [0.25, 0.3) is 0 Å². The van der Waals surface area contributed by atoms with Crippen LogP contribution in [0, 0.1) is 6.92 Å². The highest BCUT2D eigenvalue weighted by Crippen LogP contribution is 2.22. The molecule has 0 fully saturated rings. The largest absolute Gasteiger partial charge is 0.494 e. The molecule has 34 heavy (non-hydrogen) atoms. The number of sulfonamides is 1. The summed E-state index contributed by atoms with van der Waals surface area (Å²) in [5.74, 6) is 0.203. The number of aryl methyl sites for hydroxylation is 1. The maximum atomic E-state index is 13.2. The van der Waals surface area contributed by atoms with Gasteiger partial charge in [-0.25, -0.2) is 8.42 Å². The molecule has 0 unspecified atom stereocenters. The van der Waals surface area contributed by atoms with E-state index in [4.69, 9.17) is 16.3 Å². The Morgan fingerprint density at radius 1 is 1.03 bits per heavy atom. The van der Waals surface area contributed by atoms with Crippen molar-refractivity contribution in [1.29, 1.82) is 0 Å². The second kappa shape index (κ2) is 11.5. The second-order valence-electron chi connectivity index (χ2n) is 8.01. The molecule has 2 N–H and O–H groups in total. The van der Waals surface area contributed by atoms with Crippen LogP contribution in [0.2, 0.25) is 5.02 Å². The number of hydrogen-bond acceptors (Lipinski definition) is 4. The van der Waals surface area contributed by atoms with Crippen molar-refractivity contribution in [3.8, 4) is 5.75 Å². The van der Waals surface area contributed by atoms with Crippen molar-refractivity contribution in [1.82, 2.24) is 10.0 Å². The third kappa shape index (κ3) is 6.82. The maximum Gasteiger partial charge on any atom is 0.241 e. The molecule has 0 spiro atoms. The Morgan fingerprint density at radius 2 is 1.71 bits per heavy atom. The third-order valence-corrected chi connectivity index (χ3v) is 7.10. The lowest BCUT2D eigenvalue weighted by molar-refractivity contribution is -0.123. The SMILES string of the molecule is CCOc1ccc(S(=O)(=O)N[C@H](Cc2ccccc2)C(=O)N[C@@H](C)c2ccc(Cl)cc2)cc1C. The van der Waals surface area contributed by atoms with Crippen LogP contribution in [0.1, 0.15) is 36.6 Å². The van der Waals surface area contributed by atoms with Crippen molar-refractivity contribution >= 4 is 27.5 Å². The summed E-state index contributed by atoms with van der Waals surface area (Å²) in [6.07, 6.45) is 0.204. The molecule has 8 heteroatoms. The molecule has 0 aliphatic heterocycles. The Bertz CT molecular complexity index is 1220. The van der Waals surface area contributed by atoms with Crippen molar-refractivity contribution in [3.05, 3.63) is 94.5 Å². The van der Waals surface area contributed by atoms with E-state index in [1.807, 2.05) is 56.3 Å². The summed E-state index contributed by atoms with van der Waals surface area (Å²) in [7, 11) is -3.97. The molecule has 6 nitrogen and oxygen atoms in total. The van der Waals surface area contributed by atoms with Gasteiger partial charge in [-0.2, -0.15) is 4.72 Å². The molecule has 180 valence electrons. The zero-order valence-corrected chi connectivity index (χ0v) is 21.0. The molecule has 2 atom stereocenters. The molecule has 3 rings (SSSR count). The van der Waals surface area contributed by atoms with E-state index < -0.39 is 22.0 Å². The van der Waals surface area contributed by atoms with Gasteiger partial charge in [0.15, 0.2) is 0 Å². The minimum absolute atomic E-state index is 0.0741. The van der Waals surface area contributed by atoms with Crippen LogP contribution < -0.4 is 14.8 Å². The number of rotatable bonds is 10. The first-order chi connectivity index (χ1) is 16.2. The lowest BCUT2D eigenvalue weighted by Crippen LogP contribution is -2.48. The van der Waals surface area contributed by atoms with Crippen LogP contribution in [0.3, 0.4) is 0 Å². The fourth-order valence-electron chi connectivity index (χ4n) is 3.55. The fourth-order valence-corrected chi connectivity index (χ4v) is 4.95. The maximum absolute atomic E-state index is 13.2. The van der Waals surface area contributed by atoms with E-state index in [1.165, 1.54) is 6.07 Å². The van der Waals surface area contributed by atoms with Crippen molar-refractivity contribution in [3.63, 3.8) is 0 Å². The Labute approximate surface area is 206 Å². The van der Waals surface area contributed by atoms with Gasteiger partial charge in [0, 0.05) is 5.02 Å². The van der Waals surface area contributed by atoms with Crippen molar-refractivity contribution < 1.29 is 17.9 Å². The Kier molecular flexibility index (Phi) is 8.72. The van der Waals surface area contributed by atoms with Crippen molar-refractivity contribution in [2.24, 2.45) is 0 Å². The van der Waals surface area contributed by atoms with Gasteiger partial charge in [0.05, 0.1) is 17.5 Å². The number of ether oxygens (including phenoxy) is 1. The molecular formula is C26H29ClN2O4S. The first kappa shape index (κ1) is 25.7. The van der Waals surface area contributed by atoms with E-state index in [-0.39, 0.29) is 17.4 Å². The Balaban J connectivity index is 1.84. The Hall–Kier alpha value is -2.87. The molecule has 0 bridgehead atoms. The summed E-state index contributed by atoms with van der Waals surface area (Å²) in [4.78, 5) is 13.3. The predicted octanol–water partition coefficient (Wildman–Crippen LogP) is 4.81. The van der Waals surface area contributed by atoms with Gasteiger partial charge in [-0.1, -0.05) is 54.1 Å². The minimum Gasteiger partial charge on any atom is -0.494 e. The van der Waals surface area contributed by atoms with Crippen LogP contribution in [-0.2, 0) is 21.2 Å². The van der Waals surface area contributed by atoms with E-state index >= 15 is 0 Å². The molecule has 3 aromatic carbocycles. The monoisotopic (exact) mass is 500 g/mol. The van der Waals surface area contributed by atoms with Gasteiger partial charge in [-0.05, 0) is 74.2 Å². The average molecular weight is 501 g/mol. The lowest BCUT2D eigenvalue weighted by Gasteiger charge is -2.22. The van der Waals surface area contributed by atoms with Crippen LogP contribution in [0.5, 0.6) is 5.75 Å². The topological polar surface area (TPSA) is 84.5 Å². The van der Waals surface area contributed by atoms with Gasteiger partial charge in [0.2, 0.25) is 15.9 Å². The molecule has 0 aromatic heterocycles. The summed E-state index contributed by atoms with van der Waals surface area (Å²) in [5.41, 5.74) is 2.40. The van der Waals surface area contributed by atoms with E-state index in [2.05, 4.69) is 10.0 Å². The summed E-state index contributed by atoms with van der Waals surface area (Å²) in [5, 5.41) is 3.52. The highest BCUT2D eigenvalue weighted by atomic mass is 35.5.